The number of carbonyl (C=O) groups is 2. The summed E-state index contributed by atoms with van der Waals surface area (Å²) in [7, 11) is 0. The predicted octanol–water partition coefficient (Wildman–Crippen LogP) is 11.5. The number of hydrogen-bond acceptors (Lipinski definition) is 10. The van der Waals surface area contributed by atoms with Crippen LogP contribution in [0, 0.1) is 0 Å². The molecule has 10 rings (SSSR count). The van der Waals surface area contributed by atoms with Crippen molar-refractivity contribution in [1.82, 2.24) is 9.97 Å². The van der Waals surface area contributed by atoms with E-state index in [9.17, 15) is 9.59 Å². The number of ketones is 2. The summed E-state index contributed by atoms with van der Waals surface area (Å²) < 4.78 is 16.6. The van der Waals surface area contributed by atoms with Gasteiger partial charge in [0.1, 0.15) is 11.0 Å². The van der Waals surface area contributed by atoms with E-state index >= 15 is 0 Å². The number of oxazole rings is 2. The summed E-state index contributed by atoms with van der Waals surface area (Å²) in [6.07, 6.45) is 0. The van der Waals surface area contributed by atoms with Crippen molar-refractivity contribution in [2.45, 2.75) is 0 Å². The summed E-state index contributed by atoms with van der Waals surface area (Å²) in [6, 6.07) is 34.7. The molecule has 0 atom stereocenters. The van der Waals surface area contributed by atoms with Crippen LogP contribution in [0.5, 0.6) is 0 Å². The van der Waals surface area contributed by atoms with E-state index in [-0.39, 0.29) is 11.6 Å². The predicted molar refractivity (Wildman–Crippen MR) is 196 cm³/mol. The fourth-order valence-electron chi connectivity index (χ4n) is 5.88. The van der Waals surface area contributed by atoms with Gasteiger partial charge in [0.05, 0.1) is 19.5 Å². The molecule has 6 nitrogen and oxygen atoms in total. The van der Waals surface area contributed by atoms with Crippen molar-refractivity contribution < 1.29 is 18.4 Å². The number of benzene rings is 4. The molecule has 0 aliphatic rings. The van der Waals surface area contributed by atoms with Crippen LogP contribution in [0.1, 0.15) is 30.5 Å². The van der Waals surface area contributed by atoms with Gasteiger partial charge in [-0.05, 0) is 59.3 Å². The molecule has 228 valence electrons. The van der Waals surface area contributed by atoms with E-state index in [1.165, 1.54) is 22.7 Å². The number of rotatable bonds is 6. The lowest BCUT2D eigenvalue weighted by molar-refractivity contribution is 0.103. The van der Waals surface area contributed by atoms with Crippen molar-refractivity contribution in [3.63, 3.8) is 0 Å². The highest BCUT2D eigenvalue weighted by Crippen LogP contribution is 2.42. The minimum Gasteiger partial charge on any atom is -0.435 e. The van der Waals surface area contributed by atoms with Crippen LogP contribution in [0.2, 0.25) is 0 Å². The standard InChI is InChI=1S/C38H18N2O4S4/c41-35(19-7-3-1-4-8-19)31-15-27-29(45-31)17-33(47-27)37-39-23-11-21-14-26-24(12-22(21)13-25(23)43-37)40-38(44-26)34-18-30-28(48-34)16-32(46-30)36(42)20-9-5-2-6-10-20/h1-18H. The van der Waals surface area contributed by atoms with Crippen LogP contribution < -0.4 is 0 Å². The Bertz CT molecular complexity index is 2560. The molecule has 0 amide bonds. The second-order valence-corrected chi connectivity index (χ2v) is 15.7. The Morgan fingerprint density at radius 3 is 1.31 bits per heavy atom. The van der Waals surface area contributed by atoms with Crippen LogP contribution in [-0.2, 0) is 0 Å². The van der Waals surface area contributed by atoms with Crippen LogP contribution in [0.25, 0.3) is 73.3 Å². The van der Waals surface area contributed by atoms with E-state index in [0.29, 0.717) is 34.1 Å². The average molecular weight is 695 g/mol. The molecular weight excluding hydrogens is 677 g/mol. The molecule has 0 aliphatic heterocycles. The normalized spacial score (nSPS) is 11.9. The Morgan fingerprint density at radius 1 is 0.479 bits per heavy atom. The van der Waals surface area contributed by atoms with Crippen molar-refractivity contribution in [1.29, 1.82) is 0 Å². The van der Waals surface area contributed by atoms with Gasteiger partial charge in [-0.2, -0.15) is 0 Å². The molecule has 0 radical (unpaired) electrons. The monoisotopic (exact) mass is 694 g/mol. The topological polar surface area (TPSA) is 86.2 Å². The maximum absolute atomic E-state index is 12.9. The van der Waals surface area contributed by atoms with E-state index in [0.717, 1.165) is 60.1 Å². The molecular formula is C38H18N2O4S4. The lowest BCUT2D eigenvalue weighted by atomic mass is 10.1. The van der Waals surface area contributed by atoms with Crippen molar-refractivity contribution in [3.05, 3.63) is 130 Å². The number of fused-ring (bicyclic) bond motifs is 5. The van der Waals surface area contributed by atoms with Crippen molar-refractivity contribution in [3.8, 4) is 21.5 Å². The molecule has 0 fully saturated rings. The molecule has 0 saturated carbocycles. The zero-order chi connectivity index (χ0) is 31.9. The quantitative estimate of drug-likeness (QED) is 0.161. The third-order valence-corrected chi connectivity index (χ3v) is 12.8. The van der Waals surface area contributed by atoms with Gasteiger partial charge in [0.25, 0.3) is 0 Å². The first kappa shape index (κ1) is 27.8. The van der Waals surface area contributed by atoms with E-state index in [2.05, 4.69) is 0 Å². The molecule has 10 heteroatoms. The maximum Gasteiger partial charge on any atom is 0.237 e. The largest absolute Gasteiger partial charge is 0.435 e. The third kappa shape index (κ3) is 4.56. The highest BCUT2D eigenvalue weighted by molar-refractivity contribution is 7.31. The van der Waals surface area contributed by atoms with E-state index in [1.807, 2.05) is 109 Å². The highest BCUT2D eigenvalue weighted by Gasteiger charge is 2.20. The molecule has 0 unspecified atom stereocenters. The van der Waals surface area contributed by atoms with Gasteiger partial charge in [0.15, 0.2) is 11.2 Å². The number of hydrogen-bond donors (Lipinski definition) is 0. The maximum atomic E-state index is 12.9. The molecule has 0 N–H and O–H groups in total. The zero-order valence-electron chi connectivity index (χ0n) is 24.6. The Kier molecular flexibility index (Phi) is 6.16. The van der Waals surface area contributed by atoms with Gasteiger partial charge in [-0.1, -0.05) is 60.7 Å². The van der Waals surface area contributed by atoms with E-state index in [1.54, 1.807) is 22.7 Å². The summed E-state index contributed by atoms with van der Waals surface area (Å²) in [4.78, 5) is 38.8. The smallest absolute Gasteiger partial charge is 0.237 e. The minimum atomic E-state index is 0.0347. The average Bonchev–Trinajstić information content (AvgIpc) is 3.95. The highest BCUT2D eigenvalue weighted by atomic mass is 32.1. The Labute approximate surface area is 287 Å². The molecule has 10 aromatic rings. The summed E-state index contributed by atoms with van der Waals surface area (Å²) in [6.45, 7) is 0. The summed E-state index contributed by atoms with van der Waals surface area (Å²) in [5.41, 5.74) is 4.28. The van der Waals surface area contributed by atoms with Gasteiger partial charge in [0.2, 0.25) is 23.3 Å². The molecule has 6 heterocycles. The number of aromatic nitrogens is 2. The molecule has 0 aliphatic carbocycles. The number of nitrogens with zero attached hydrogens (tertiary/aromatic N) is 2. The van der Waals surface area contributed by atoms with Gasteiger partial charge in [-0.25, -0.2) is 9.97 Å². The first-order valence-electron chi connectivity index (χ1n) is 14.9. The summed E-state index contributed by atoms with van der Waals surface area (Å²) in [5, 5.41) is 1.95. The fraction of sp³-hybridized carbons (Fsp3) is 0. The Hall–Kier alpha value is -5.26. The molecule has 48 heavy (non-hydrogen) atoms. The van der Waals surface area contributed by atoms with Crippen molar-refractivity contribution >= 4 is 109 Å². The van der Waals surface area contributed by atoms with Gasteiger partial charge < -0.3 is 8.83 Å². The second-order valence-electron chi connectivity index (χ2n) is 11.3. The summed E-state index contributed by atoms with van der Waals surface area (Å²) >= 11 is 6.12. The molecule has 4 aromatic carbocycles. The molecule has 0 bridgehead atoms. The Morgan fingerprint density at radius 2 is 0.896 bits per heavy atom. The lowest BCUT2D eigenvalue weighted by Crippen LogP contribution is -1.97. The van der Waals surface area contributed by atoms with Crippen LogP contribution in [0.4, 0.5) is 0 Å². The van der Waals surface area contributed by atoms with Crippen LogP contribution in [0.15, 0.2) is 118 Å². The zero-order valence-corrected chi connectivity index (χ0v) is 27.8. The minimum absolute atomic E-state index is 0.0347. The third-order valence-electron chi connectivity index (χ3n) is 8.21. The number of thiophene rings is 4. The van der Waals surface area contributed by atoms with Crippen molar-refractivity contribution in [2.24, 2.45) is 0 Å². The van der Waals surface area contributed by atoms with Crippen LogP contribution >= 0.6 is 45.3 Å². The first-order chi connectivity index (χ1) is 23.5. The Balaban J connectivity index is 0.944. The molecule has 0 saturated heterocycles. The van der Waals surface area contributed by atoms with Gasteiger partial charge >= 0.3 is 0 Å². The SMILES string of the molecule is O=C(c1ccccc1)c1cc2sc(-c3nc4cc5cc6oc(-c7cc8sc(C(=O)c9ccccc9)cc8s7)nc6cc5cc4o3)cc2s1. The van der Waals surface area contributed by atoms with E-state index in [4.69, 9.17) is 18.8 Å². The van der Waals surface area contributed by atoms with Gasteiger partial charge in [-0.15, -0.1) is 45.3 Å². The summed E-state index contributed by atoms with van der Waals surface area (Å²) in [5.74, 6) is 1.18. The molecule has 6 aromatic heterocycles. The van der Waals surface area contributed by atoms with Crippen molar-refractivity contribution in [2.75, 3.05) is 0 Å². The molecule has 0 spiro atoms. The van der Waals surface area contributed by atoms with Gasteiger partial charge in [-0.3, -0.25) is 9.59 Å². The van der Waals surface area contributed by atoms with E-state index < -0.39 is 0 Å². The fourth-order valence-corrected chi connectivity index (χ4v) is 10.4. The number of carbonyl (C=O) groups excluding carboxylic acids is 2. The van der Waals surface area contributed by atoms with Crippen LogP contribution in [-0.4, -0.2) is 21.5 Å². The second kappa shape index (κ2) is 10.6. The van der Waals surface area contributed by atoms with Gasteiger partial charge in [0, 0.05) is 29.9 Å². The van der Waals surface area contributed by atoms with Crippen LogP contribution in [0.3, 0.4) is 0 Å². The first-order valence-corrected chi connectivity index (χ1v) is 18.2. The lowest BCUT2D eigenvalue weighted by Gasteiger charge is -1.96.